The van der Waals surface area contributed by atoms with E-state index in [9.17, 15) is 14.3 Å². The Hall–Kier alpha value is -2.09. The molecule has 0 saturated heterocycles. The van der Waals surface area contributed by atoms with Crippen LogP contribution in [0.25, 0.3) is 5.69 Å². The Labute approximate surface area is 105 Å². The molecule has 0 aliphatic heterocycles. The van der Waals surface area contributed by atoms with Crippen LogP contribution in [0.2, 0.25) is 0 Å². The molecular weight excluding hydrogens is 256 g/mol. The molecule has 0 N–H and O–H groups in total. The molecule has 0 aliphatic carbocycles. The van der Waals surface area contributed by atoms with E-state index in [1.54, 1.807) is 23.6 Å². The summed E-state index contributed by atoms with van der Waals surface area (Å²) < 4.78 is 13.0. The van der Waals surface area contributed by atoms with E-state index in [4.69, 9.17) is 0 Å². The SMILES string of the molecule is Cc1cc(-n2cnnc2S(C)=O)ccc1[N+](=O)[O-]. The molecule has 0 spiro atoms. The highest BCUT2D eigenvalue weighted by Gasteiger charge is 2.14. The summed E-state index contributed by atoms with van der Waals surface area (Å²) in [5.74, 6) is 0. The number of benzene rings is 1. The largest absolute Gasteiger partial charge is 0.275 e. The third-order valence-corrected chi connectivity index (χ3v) is 3.22. The molecule has 1 heterocycles. The van der Waals surface area contributed by atoms with Crippen LogP contribution in [0.5, 0.6) is 0 Å². The van der Waals surface area contributed by atoms with Gasteiger partial charge in [-0.2, -0.15) is 0 Å². The van der Waals surface area contributed by atoms with Crippen molar-refractivity contribution < 1.29 is 9.13 Å². The summed E-state index contributed by atoms with van der Waals surface area (Å²) in [6.45, 7) is 1.65. The number of aryl methyl sites for hydroxylation is 1. The van der Waals surface area contributed by atoms with Gasteiger partial charge in [-0.1, -0.05) is 0 Å². The molecule has 0 amide bonds. The number of nitrogens with zero attached hydrogens (tertiary/aromatic N) is 4. The van der Waals surface area contributed by atoms with Crippen molar-refractivity contribution in [1.29, 1.82) is 0 Å². The molecule has 2 rings (SSSR count). The van der Waals surface area contributed by atoms with Crippen LogP contribution < -0.4 is 0 Å². The van der Waals surface area contributed by atoms with Gasteiger partial charge >= 0.3 is 0 Å². The second-order valence-electron chi connectivity index (χ2n) is 3.67. The summed E-state index contributed by atoms with van der Waals surface area (Å²) in [6, 6.07) is 4.62. The van der Waals surface area contributed by atoms with Crippen LogP contribution in [0.4, 0.5) is 5.69 Å². The highest BCUT2D eigenvalue weighted by atomic mass is 32.2. The van der Waals surface area contributed by atoms with Crippen molar-refractivity contribution in [2.75, 3.05) is 6.26 Å². The Bertz CT molecular complexity index is 638. The van der Waals surface area contributed by atoms with Gasteiger partial charge in [-0.3, -0.25) is 18.9 Å². The number of rotatable bonds is 3. The molecule has 18 heavy (non-hydrogen) atoms. The van der Waals surface area contributed by atoms with Crippen molar-refractivity contribution in [2.45, 2.75) is 12.1 Å². The molecule has 1 unspecified atom stereocenters. The maximum Gasteiger partial charge on any atom is 0.272 e. The van der Waals surface area contributed by atoms with Gasteiger partial charge < -0.3 is 0 Å². The van der Waals surface area contributed by atoms with Gasteiger partial charge in [-0.25, -0.2) is 0 Å². The number of nitro groups is 1. The smallest absolute Gasteiger partial charge is 0.272 e. The molecule has 94 valence electrons. The average Bonchev–Trinajstić information content (AvgIpc) is 2.77. The van der Waals surface area contributed by atoms with Gasteiger partial charge in [0.05, 0.1) is 15.7 Å². The normalized spacial score (nSPS) is 12.3. The molecule has 7 nitrogen and oxygen atoms in total. The molecule has 0 aliphatic rings. The third kappa shape index (κ3) is 2.14. The van der Waals surface area contributed by atoms with Crippen molar-refractivity contribution in [2.24, 2.45) is 0 Å². The Morgan fingerprint density at radius 2 is 2.17 bits per heavy atom. The van der Waals surface area contributed by atoms with Gasteiger partial charge in [0.15, 0.2) is 0 Å². The summed E-state index contributed by atoms with van der Waals surface area (Å²) >= 11 is 0. The molecule has 1 atom stereocenters. The Morgan fingerprint density at radius 3 is 2.72 bits per heavy atom. The lowest BCUT2D eigenvalue weighted by Crippen LogP contribution is -2.02. The lowest BCUT2D eigenvalue weighted by molar-refractivity contribution is -0.385. The second kappa shape index (κ2) is 4.65. The molecule has 0 fully saturated rings. The van der Waals surface area contributed by atoms with Gasteiger partial charge in [0.25, 0.3) is 5.69 Å². The molecule has 0 radical (unpaired) electrons. The van der Waals surface area contributed by atoms with Gasteiger partial charge in [0.1, 0.15) is 6.33 Å². The minimum absolute atomic E-state index is 0.0472. The summed E-state index contributed by atoms with van der Waals surface area (Å²) in [5, 5.41) is 18.5. The fourth-order valence-corrected chi connectivity index (χ4v) is 2.18. The van der Waals surface area contributed by atoms with Gasteiger partial charge in [-0.05, 0) is 19.1 Å². The first-order valence-electron chi connectivity index (χ1n) is 4.99. The first-order chi connectivity index (χ1) is 8.50. The van der Waals surface area contributed by atoms with Gasteiger partial charge in [0.2, 0.25) is 5.16 Å². The lowest BCUT2D eigenvalue weighted by Gasteiger charge is -2.05. The summed E-state index contributed by atoms with van der Waals surface area (Å²) in [4.78, 5) is 10.3. The second-order valence-corrected chi connectivity index (χ2v) is 4.94. The number of hydrogen-bond donors (Lipinski definition) is 0. The molecule has 1 aromatic heterocycles. The molecule has 1 aromatic carbocycles. The minimum Gasteiger partial charge on any atom is -0.275 e. The first kappa shape index (κ1) is 12.4. The average molecular weight is 266 g/mol. The van der Waals surface area contributed by atoms with Crippen LogP contribution in [0.15, 0.2) is 29.7 Å². The predicted octanol–water partition coefficient (Wildman–Crippen LogP) is 1.22. The van der Waals surface area contributed by atoms with E-state index in [0.29, 0.717) is 16.4 Å². The quantitative estimate of drug-likeness (QED) is 0.615. The topological polar surface area (TPSA) is 90.9 Å². The predicted molar refractivity (Wildman–Crippen MR) is 65.1 cm³/mol. The first-order valence-corrected chi connectivity index (χ1v) is 6.55. The van der Waals surface area contributed by atoms with E-state index in [0.717, 1.165) is 0 Å². The van der Waals surface area contributed by atoms with E-state index in [1.165, 1.54) is 18.6 Å². The van der Waals surface area contributed by atoms with E-state index >= 15 is 0 Å². The monoisotopic (exact) mass is 266 g/mol. The van der Waals surface area contributed by atoms with Crippen molar-refractivity contribution >= 4 is 16.5 Å². The zero-order valence-electron chi connectivity index (χ0n) is 9.73. The highest BCUT2D eigenvalue weighted by molar-refractivity contribution is 7.84. The van der Waals surface area contributed by atoms with Crippen molar-refractivity contribution in [3.05, 3.63) is 40.2 Å². The summed E-state index contributed by atoms with van der Waals surface area (Å²) in [5.41, 5.74) is 1.22. The third-order valence-electron chi connectivity index (χ3n) is 2.43. The van der Waals surface area contributed by atoms with E-state index in [-0.39, 0.29) is 5.69 Å². The molecule has 0 bridgehead atoms. The summed E-state index contributed by atoms with van der Waals surface area (Å²) in [7, 11) is -1.28. The Morgan fingerprint density at radius 1 is 1.44 bits per heavy atom. The number of hydrogen-bond acceptors (Lipinski definition) is 5. The maximum atomic E-state index is 11.4. The van der Waals surface area contributed by atoms with Crippen molar-refractivity contribution in [3.63, 3.8) is 0 Å². The van der Waals surface area contributed by atoms with Crippen molar-refractivity contribution in [3.8, 4) is 5.69 Å². The zero-order chi connectivity index (χ0) is 13.3. The lowest BCUT2D eigenvalue weighted by atomic mass is 10.2. The molecular formula is C10H10N4O3S. The summed E-state index contributed by atoms with van der Waals surface area (Å²) in [6.07, 6.45) is 2.93. The fourth-order valence-electron chi connectivity index (χ4n) is 1.59. The molecule has 8 heteroatoms. The minimum atomic E-state index is -1.28. The molecule has 2 aromatic rings. The highest BCUT2D eigenvalue weighted by Crippen LogP contribution is 2.21. The van der Waals surface area contributed by atoms with Crippen LogP contribution in [-0.4, -0.2) is 30.2 Å². The Kier molecular flexibility index (Phi) is 3.19. The van der Waals surface area contributed by atoms with E-state index in [1.807, 2.05) is 0 Å². The van der Waals surface area contributed by atoms with Gasteiger partial charge in [0, 0.05) is 23.6 Å². The van der Waals surface area contributed by atoms with Crippen LogP contribution in [-0.2, 0) is 10.8 Å². The fraction of sp³-hybridized carbons (Fsp3) is 0.200. The van der Waals surface area contributed by atoms with Crippen molar-refractivity contribution in [1.82, 2.24) is 14.8 Å². The standard InChI is InChI=1S/C10H10N4O3S/c1-7-5-8(3-4-9(7)14(15)16)13-6-11-12-10(13)18(2)17/h3-6H,1-2H3. The van der Waals surface area contributed by atoms with E-state index < -0.39 is 15.7 Å². The maximum absolute atomic E-state index is 11.4. The zero-order valence-corrected chi connectivity index (χ0v) is 10.5. The molecule has 0 saturated carbocycles. The van der Waals surface area contributed by atoms with Crippen LogP contribution >= 0.6 is 0 Å². The van der Waals surface area contributed by atoms with Gasteiger partial charge in [-0.15, -0.1) is 10.2 Å². The van der Waals surface area contributed by atoms with Crippen LogP contribution in [0, 0.1) is 17.0 Å². The number of aromatic nitrogens is 3. The van der Waals surface area contributed by atoms with Crippen LogP contribution in [0.3, 0.4) is 0 Å². The van der Waals surface area contributed by atoms with E-state index in [2.05, 4.69) is 10.2 Å². The Balaban J connectivity index is 2.52. The van der Waals surface area contributed by atoms with Crippen LogP contribution in [0.1, 0.15) is 5.56 Å². The number of nitro benzene ring substituents is 1.